The molecule has 0 amide bonds. The summed E-state index contributed by atoms with van der Waals surface area (Å²) in [5.41, 5.74) is 0. The van der Waals surface area contributed by atoms with Crippen LogP contribution in [0.3, 0.4) is 0 Å². The summed E-state index contributed by atoms with van der Waals surface area (Å²) in [6.07, 6.45) is 0. The molecule has 0 bridgehead atoms. The molecule has 0 atom stereocenters. The summed E-state index contributed by atoms with van der Waals surface area (Å²) < 4.78 is 31.3. The van der Waals surface area contributed by atoms with Crippen LogP contribution in [0.2, 0.25) is 0 Å². The molecule has 0 heterocycles. The molecule has 0 aliphatic rings. The van der Waals surface area contributed by atoms with Crippen molar-refractivity contribution < 1.29 is 31.0 Å². The summed E-state index contributed by atoms with van der Waals surface area (Å²) in [5.74, 6) is 0. The Bertz CT molecular complexity index is 43.2. The van der Waals surface area contributed by atoms with E-state index in [-0.39, 0.29) is 51.7 Å². The van der Waals surface area contributed by atoms with E-state index in [0.29, 0.717) is 0 Å². The largest absolute Gasteiger partial charge is 2.00 e. The van der Waals surface area contributed by atoms with Gasteiger partial charge >= 0.3 is 56.2 Å². The minimum Gasteiger partial charge on any atom is -1.00 e. The van der Waals surface area contributed by atoms with Crippen LogP contribution in [0, 0.1) is 0 Å². The van der Waals surface area contributed by atoms with Crippen molar-refractivity contribution in [2.24, 2.45) is 0 Å². The average Bonchev–Trinajstić information content (AvgIpc) is 1.72. The molecule has 3 nitrogen and oxygen atoms in total. The molecule has 0 aliphatic heterocycles. The van der Waals surface area contributed by atoms with Crippen molar-refractivity contribution in [2.45, 2.75) is 0 Å². The van der Waals surface area contributed by atoms with Gasteiger partial charge in [0, 0.05) is 0 Å². The van der Waals surface area contributed by atoms with Crippen LogP contribution in [-0.4, -0.2) is 56.2 Å². The second-order valence-corrected chi connectivity index (χ2v) is 0.556. The molecule has 0 aromatic rings. The van der Waals surface area contributed by atoms with Crippen LogP contribution in [0.4, 0.5) is 13.6 Å². The van der Waals surface area contributed by atoms with Gasteiger partial charge in [0.25, 0.3) is 0 Å². The van der Waals surface area contributed by atoms with Gasteiger partial charge in [0.05, 0.1) is 0 Å². The van der Waals surface area contributed by atoms with E-state index in [1.165, 1.54) is 0 Å². The molecular formula is H2BBaF3O3. The molecule has 8 heavy (non-hydrogen) atoms. The first-order chi connectivity index (χ1) is 3.35. The second kappa shape index (κ2) is 8.31. The van der Waals surface area contributed by atoms with E-state index in [4.69, 9.17) is 0 Å². The molecule has 0 unspecified atom stereocenters. The Kier molecular flexibility index (Phi) is 12.5. The standard InChI is InChI=1S/BF3O3.Ba.2H/c2-5-1(6-3)7-4;;;/q;+2;2*-1. The van der Waals surface area contributed by atoms with Crippen LogP contribution in [0.25, 0.3) is 0 Å². The van der Waals surface area contributed by atoms with Crippen LogP contribution in [0.1, 0.15) is 2.85 Å². The Morgan fingerprint density at radius 1 is 1.00 bits per heavy atom. The molecule has 0 saturated carbocycles. The first-order valence-corrected chi connectivity index (χ1v) is 1.17. The molecule has 46 valence electrons. The molecule has 0 fully saturated rings. The third kappa shape index (κ3) is 5.44. The van der Waals surface area contributed by atoms with Crippen LogP contribution < -0.4 is 0 Å². The van der Waals surface area contributed by atoms with Gasteiger partial charge in [-0.05, 0) is 0 Å². The van der Waals surface area contributed by atoms with Crippen LogP contribution >= 0.6 is 0 Å². The van der Waals surface area contributed by atoms with E-state index >= 15 is 0 Å². The van der Waals surface area contributed by atoms with E-state index in [1.54, 1.807) is 0 Å². The molecule has 0 saturated heterocycles. The molecule has 0 aliphatic carbocycles. The van der Waals surface area contributed by atoms with Gasteiger partial charge in [-0.3, -0.25) is 0 Å². The number of halogens is 3. The molecule has 0 spiro atoms. The zero-order valence-electron chi connectivity index (χ0n) is 5.64. The molecule has 0 radical (unpaired) electrons. The zero-order valence-corrected chi connectivity index (χ0v) is 8.08. The third-order valence-corrected chi connectivity index (χ3v) is 0.218. The maximum absolute atomic E-state index is 10.4. The average molecular weight is 255 g/mol. The van der Waals surface area contributed by atoms with Crippen molar-refractivity contribution >= 4 is 56.2 Å². The maximum Gasteiger partial charge on any atom is 2.00 e. The third-order valence-electron chi connectivity index (χ3n) is 0.218. The molecule has 0 N–H and O–H groups in total. The fraction of sp³-hybridized carbons (Fsp3) is 0. The van der Waals surface area contributed by atoms with E-state index < -0.39 is 7.32 Å². The fourth-order valence-corrected chi connectivity index (χ4v) is 0.0412. The predicted molar refractivity (Wildman–Crippen MR) is 20.3 cm³/mol. The quantitative estimate of drug-likeness (QED) is 0.688. The molecule has 0 aromatic carbocycles. The van der Waals surface area contributed by atoms with Crippen LogP contribution in [-0.2, 0) is 14.6 Å². The van der Waals surface area contributed by atoms with Crippen LogP contribution in [0.5, 0.6) is 0 Å². The Hall–Kier alpha value is 1.31. The van der Waals surface area contributed by atoms with Gasteiger partial charge < -0.3 is 2.85 Å². The minimum atomic E-state index is -2.51. The smallest absolute Gasteiger partial charge is 1.00 e. The molecule has 0 rings (SSSR count). The number of hydrogen-bond acceptors (Lipinski definition) is 3. The molecular weight excluding hydrogens is 253 g/mol. The second-order valence-electron chi connectivity index (χ2n) is 0.556. The van der Waals surface area contributed by atoms with Crippen molar-refractivity contribution in [1.29, 1.82) is 0 Å². The number of rotatable bonds is 3. The van der Waals surface area contributed by atoms with Crippen molar-refractivity contribution in [1.82, 2.24) is 0 Å². The Balaban J connectivity index is -0.0000000600. The van der Waals surface area contributed by atoms with Gasteiger partial charge in [0.15, 0.2) is 0 Å². The van der Waals surface area contributed by atoms with Gasteiger partial charge in [-0.2, -0.15) is 14.6 Å². The van der Waals surface area contributed by atoms with Crippen LogP contribution in [0.15, 0.2) is 0 Å². The predicted octanol–water partition coefficient (Wildman–Crippen LogP) is 0.519. The minimum absolute atomic E-state index is 0. The van der Waals surface area contributed by atoms with Crippen molar-refractivity contribution in [3.63, 3.8) is 0 Å². The van der Waals surface area contributed by atoms with E-state index in [2.05, 4.69) is 14.6 Å². The van der Waals surface area contributed by atoms with Gasteiger partial charge in [-0.25, -0.2) is 0 Å². The molecule has 0 aromatic heterocycles. The van der Waals surface area contributed by atoms with Crippen molar-refractivity contribution in [2.75, 3.05) is 0 Å². The fourth-order valence-electron chi connectivity index (χ4n) is 0.0412. The summed E-state index contributed by atoms with van der Waals surface area (Å²) in [5, 5.41) is 0. The number of hydrogen-bond donors (Lipinski definition) is 0. The first kappa shape index (κ1) is 12.0. The van der Waals surface area contributed by atoms with E-state index in [9.17, 15) is 13.6 Å². The SMILES string of the molecule is FOB(OF)OF.[Ba+2].[H-].[H-]. The van der Waals surface area contributed by atoms with Gasteiger partial charge in [-0.15, -0.1) is 0 Å². The zero-order chi connectivity index (χ0) is 5.70. The van der Waals surface area contributed by atoms with E-state index in [0.717, 1.165) is 0 Å². The molecule has 8 heteroatoms. The Labute approximate surface area is 86.4 Å². The summed E-state index contributed by atoms with van der Waals surface area (Å²) in [7, 11) is -2.51. The van der Waals surface area contributed by atoms with Gasteiger partial charge in [-0.1, -0.05) is 13.6 Å². The Morgan fingerprint density at radius 3 is 1.25 bits per heavy atom. The maximum atomic E-state index is 10.4. The van der Waals surface area contributed by atoms with Crippen molar-refractivity contribution in [3.05, 3.63) is 0 Å². The summed E-state index contributed by atoms with van der Waals surface area (Å²) in [4.78, 5) is 7.06. The van der Waals surface area contributed by atoms with E-state index in [1.807, 2.05) is 0 Å². The van der Waals surface area contributed by atoms with Gasteiger partial charge in [0.1, 0.15) is 0 Å². The van der Waals surface area contributed by atoms with Gasteiger partial charge in [0.2, 0.25) is 0 Å². The summed E-state index contributed by atoms with van der Waals surface area (Å²) >= 11 is 0. The first-order valence-electron chi connectivity index (χ1n) is 1.17. The Morgan fingerprint density at radius 2 is 1.25 bits per heavy atom. The van der Waals surface area contributed by atoms with Crippen molar-refractivity contribution in [3.8, 4) is 0 Å². The topological polar surface area (TPSA) is 27.7 Å². The summed E-state index contributed by atoms with van der Waals surface area (Å²) in [6.45, 7) is 0. The monoisotopic (exact) mass is 256 g/mol. The summed E-state index contributed by atoms with van der Waals surface area (Å²) in [6, 6.07) is 0. The normalized spacial score (nSPS) is 7.88.